The molecule has 2 heterocycles. The number of carbonyl (C=O) groups is 2. The van der Waals surface area contributed by atoms with Gasteiger partial charge in [-0.1, -0.05) is 0 Å². The van der Waals surface area contributed by atoms with E-state index in [-0.39, 0.29) is 18.5 Å². The van der Waals surface area contributed by atoms with Crippen molar-refractivity contribution in [3.8, 4) is 0 Å². The number of hydrogen-bond donors (Lipinski definition) is 2. The summed E-state index contributed by atoms with van der Waals surface area (Å²) >= 11 is 0. The average Bonchev–Trinajstić information content (AvgIpc) is 2.77. The van der Waals surface area contributed by atoms with Crippen molar-refractivity contribution in [3.05, 3.63) is 41.6 Å². The van der Waals surface area contributed by atoms with Crippen LogP contribution >= 0.6 is 0 Å². The maximum Gasteiger partial charge on any atom is 0.305 e. The van der Waals surface area contributed by atoms with Crippen LogP contribution in [0.1, 0.15) is 22.5 Å². The molecular formula is C13H13FN4O3. The molecule has 7 nitrogen and oxygen atoms in total. The lowest BCUT2D eigenvalue weighted by Crippen LogP contribution is -2.13. The summed E-state index contributed by atoms with van der Waals surface area (Å²) in [4.78, 5) is 25.8. The molecule has 0 aliphatic rings. The Bertz CT molecular complexity index is 667. The molecule has 1 amide bonds. The Kier molecular flexibility index (Phi) is 4.27. The fourth-order valence-electron chi connectivity index (χ4n) is 1.70. The molecule has 2 rings (SSSR count). The summed E-state index contributed by atoms with van der Waals surface area (Å²) < 4.78 is 14.2. The molecule has 21 heavy (non-hydrogen) atoms. The molecule has 0 bridgehead atoms. The van der Waals surface area contributed by atoms with Crippen molar-refractivity contribution in [2.24, 2.45) is 0 Å². The number of nitrogens with zero attached hydrogens (tertiary/aromatic N) is 3. The molecule has 0 saturated carbocycles. The number of carboxylic acid groups (broad SMARTS) is 1. The van der Waals surface area contributed by atoms with Crippen molar-refractivity contribution in [2.45, 2.75) is 19.9 Å². The summed E-state index contributed by atoms with van der Waals surface area (Å²) in [6.07, 6.45) is 1.07. The zero-order valence-electron chi connectivity index (χ0n) is 11.2. The van der Waals surface area contributed by atoms with Crippen molar-refractivity contribution in [3.63, 3.8) is 0 Å². The van der Waals surface area contributed by atoms with Gasteiger partial charge in [-0.05, 0) is 19.1 Å². The Morgan fingerprint density at radius 2 is 2.19 bits per heavy atom. The molecular weight excluding hydrogens is 279 g/mol. The second-order valence-corrected chi connectivity index (χ2v) is 4.36. The van der Waals surface area contributed by atoms with Crippen LogP contribution in [-0.2, 0) is 11.3 Å². The number of aliphatic carboxylic acids is 1. The molecule has 110 valence electrons. The molecule has 2 aromatic rings. The number of aromatic nitrogens is 3. The van der Waals surface area contributed by atoms with Crippen LogP contribution < -0.4 is 5.32 Å². The first kappa shape index (κ1) is 14.6. The smallest absolute Gasteiger partial charge is 0.305 e. The minimum Gasteiger partial charge on any atom is -0.481 e. The summed E-state index contributed by atoms with van der Waals surface area (Å²) in [5.74, 6) is -1.76. The quantitative estimate of drug-likeness (QED) is 0.813. The molecule has 0 fully saturated rings. The van der Waals surface area contributed by atoms with Gasteiger partial charge in [0.1, 0.15) is 0 Å². The van der Waals surface area contributed by atoms with Crippen molar-refractivity contribution in [1.82, 2.24) is 14.8 Å². The van der Waals surface area contributed by atoms with Gasteiger partial charge >= 0.3 is 5.97 Å². The van der Waals surface area contributed by atoms with Crippen LogP contribution in [0.2, 0.25) is 0 Å². The number of amides is 1. The summed E-state index contributed by atoms with van der Waals surface area (Å²) in [7, 11) is 0. The highest BCUT2D eigenvalue weighted by molar-refractivity contribution is 6.03. The normalized spacial score (nSPS) is 10.4. The minimum absolute atomic E-state index is 0.0577. The van der Waals surface area contributed by atoms with Crippen molar-refractivity contribution in [1.29, 1.82) is 0 Å². The first-order chi connectivity index (χ1) is 9.95. The first-order valence-electron chi connectivity index (χ1n) is 6.15. The fraction of sp³-hybridized carbons (Fsp3) is 0.231. The summed E-state index contributed by atoms with van der Waals surface area (Å²) in [5, 5.41) is 15.3. The van der Waals surface area contributed by atoms with E-state index in [1.54, 1.807) is 13.0 Å². The largest absolute Gasteiger partial charge is 0.481 e. The maximum absolute atomic E-state index is 12.7. The van der Waals surface area contributed by atoms with Gasteiger partial charge in [0.2, 0.25) is 5.95 Å². The van der Waals surface area contributed by atoms with Gasteiger partial charge in [0.25, 0.3) is 5.91 Å². The van der Waals surface area contributed by atoms with E-state index in [1.165, 1.54) is 10.7 Å². The standard InChI is InChI=1S/C13H13FN4O3/c1-8-6-11(17-18(8)5-4-12(19)20)16-13(21)9-2-3-10(14)15-7-9/h2-3,6-7H,4-5H2,1H3,(H,19,20)(H,16,17,21). The summed E-state index contributed by atoms with van der Waals surface area (Å²) in [6, 6.07) is 4.02. The zero-order chi connectivity index (χ0) is 15.4. The van der Waals surface area contributed by atoms with Crippen molar-refractivity contribution in [2.75, 3.05) is 5.32 Å². The molecule has 0 radical (unpaired) electrons. The number of aryl methyl sites for hydroxylation is 2. The fourth-order valence-corrected chi connectivity index (χ4v) is 1.70. The lowest BCUT2D eigenvalue weighted by molar-refractivity contribution is -0.137. The van der Waals surface area contributed by atoms with Crippen LogP contribution in [0.5, 0.6) is 0 Å². The molecule has 0 aliphatic heterocycles. The van der Waals surface area contributed by atoms with E-state index < -0.39 is 17.8 Å². The molecule has 0 unspecified atom stereocenters. The Balaban J connectivity index is 2.05. The van der Waals surface area contributed by atoms with Gasteiger partial charge in [0, 0.05) is 18.0 Å². The molecule has 0 spiro atoms. The number of anilines is 1. The SMILES string of the molecule is Cc1cc(NC(=O)c2ccc(F)nc2)nn1CCC(=O)O. The van der Waals surface area contributed by atoms with Crippen molar-refractivity contribution >= 4 is 17.7 Å². The lowest BCUT2D eigenvalue weighted by Gasteiger charge is -2.02. The second-order valence-electron chi connectivity index (χ2n) is 4.36. The Hall–Kier alpha value is -2.77. The highest BCUT2D eigenvalue weighted by Gasteiger charge is 2.11. The lowest BCUT2D eigenvalue weighted by atomic mass is 10.2. The maximum atomic E-state index is 12.7. The predicted molar refractivity (Wildman–Crippen MR) is 71.4 cm³/mol. The summed E-state index contributed by atoms with van der Waals surface area (Å²) in [6.45, 7) is 1.97. The zero-order valence-corrected chi connectivity index (χ0v) is 11.2. The van der Waals surface area contributed by atoms with E-state index in [4.69, 9.17) is 5.11 Å². The first-order valence-corrected chi connectivity index (χ1v) is 6.15. The third kappa shape index (κ3) is 3.85. The minimum atomic E-state index is -0.923. The number of nitrogens with one attached hydrogen (secondary N) is 1. The second kappa shape index (κ2) is 6.12. The Morgan fingerprint density at radius 3 is 2.81 bits per heavy atom. The van der Waals surface area contributed by atoms with E-state index in [1.807, 2.05) is 0 Å². The predicted octanol–water partition coefficient (Wildman–Crippen LogP) is 1.45. The van der Waals surface area contributed by atoms with Gasteiger partial charge in [-0.3, -0.25) is 14.3 Å². The molecule has 8 heteroatoms. The van der Waals surface area contributed by atoms with Crippen LogP contribution in [0, 0.1) is 12.9 Å². The van der Waals surface area contributed by atoms with E-state index in [9.17, 15) is 14.0 Å². The van der Waals surface area contributed by atoms with Gasteiger partial charge < -0.3 is 10.4 Å². The van der Waals surface area contributed by atoms with E-state index in [0.717, 1.165) is 18.0 Å². The monoisotopic (exact) mass is 292 g/mol. The van der Waals surface area contributed by atoms with Gasteiger partial charge in [-0.25, -0.2) is 4.98 Å². The van der Waals surface area contributed by atoms with Gasteiger partial charge in [0.15, 0.2) is 5.82 Å². The van der Waals surface area contributed by atoms with Crippen molar-refractivity contribution < 1.29 is 19.1 Å². The molecule has 0 aliphatic carbocycles. The van der Waals surface area contributed by atoms with Crippen LogP contribution in [0.25, 0.3) is 0 Å². The van der Waals surface area contributed by atoms with E-state index in [2.05, 4.69) is 15.4 Å². The molecule has 0 aromatic carbocycles. The molecule has 2 N–H and O–H groups in total. The van der Waals surface area contributed by atoms with Gasteiger partial charge in [0.05, 0.1) is 18.5 Å². The van der Waals surface area contributed by atoms with Gasteiger partial charge in [-0.15, -0.1) is 0 Å². The molecule has 0 saturated heterocycles. The topological polar surface area (TPSA) is 97.1 Å². The number of halogens is 1. The number of hydrogen-bond acceptors (Lipinski definition) is 4. The molecule has 2 aromatic heterocycles. The van der Waals surface area contributed by atoms with Crippen LogP contribution in [-0.4, -0.2) is 31.7 Å². The van der Waals surface area contributed by atoms with Crippen LogP contribution in [0.15, 0.2) is 24.4 Å². The Morgan fingerprint density at radius 1 is 1.43 bits per heavy atom. The Labute approximate surface area is 119 Å². The third-order valence-corrected chi connectivity index (χ3v) is 2.75. The number of carbonyl (C=O) groups excluding carboxylic acids is 1. The number of rotatable bonds is 5. The average molecular weight is 292 g/mol. The third-order valence-electron chi connectivity index (χ3n) is 2.75. The molecule has 0 atom stereocenters. The number of pyridine rings is 1. The number of carboxylic acids is 1. The van der Waals surface area contributed by atoms with Gasteiger partial charge in [-0.2, -0.15) is 9.49 Å². The van der Waals surface area contributed by atoms with E-state index in [0.29, 0.717) is 5.82 Å². The highest BCUT2D eigenvalue weighted by Crippen LogP contribution is 2.11. The van der Waals surface area contributed by atoms with Crippen LogP contribution in [0.4, 0.5) is 10.2 Å². The summed E-state index contributed by atoms with van der Waals surface area (Å²) in [5.41, 5.74) is 0.929. The van der Waals surface area contributed by atoms with E-state index >= 15 is 0 Å². The van der Waals surface area contributed by atoms with Crippen LogP contribution in [0.3, 0.4) is 0 Å². The highest BCUT2D eigenvalue weighted by atomic mass is 19.1.